The Morgan fingerprint density at radius 2 is 1.98 bits per heavy atom. The molecule has 4 aromatic rings. The molecular formula is C31H35BrN4O4S2. The van der Waals surface area contributed by atoms with E-state index in [2.05, 4.69) is 31.6 Å². The SMILES string of the molecule is O=C(CCCCC1CCSS1)NCc1cn(CCCCCOc2ccc(-c3cc(=O)c4cc(Br)ccc4o3)cc2)nn1. The van der Waals surface area contributed by atoms with Crippen LogP contribution in [0.1, 0.15) is 57.1 Å². The molecule has 0 spiro atoms. The number of fused-ring (bicyclic) bond motifs is 1. The molecule has 11 heteroatoms. The van der Waals surface area contributed by atoms with E-state index in [1.54, 1.807) is 12.1 Å². The molecule has 1 aliphatic heterocycles. The lowest BCUT2D eigenvalue weighted by atomic mass is 10.1. The van der Waals surface area contributed by atoms with Gasteiger partial charge in [0.2, 0.25) is 5.91 Å². The third-order valence-electron chi connectivity index (χ3n) is 7.09. The van der Waals surface area contributed by atoms with Crippen molar-refractivity contribution in [3.8, 4) is 17.1 Å². The lowest BCUT2D eigenvalue weighted by Crippen LogP contribution is -2.22. The number of halogens is 1. The summed E-state index contributed by atoms with van der Waals surface area (Å²) in [6, 6.07) is 14.5. The first kappa shape index (κ1) is 30.7. The maximum Gasteiger partial charge on any atom is 0.220 e. The highest BCUT2D eigenvalue weighted by atomic mass is 79.9. The maximum absolute atomic E-state index is 12.5. The highest BCUT2D eigenvalue weighted by molar-refractivity contribution is 9.10. The highest BCUT2D eigenvalue weighted by Gasteiger charge is 2.16. The molecular weight excluding hydrogens is 636 g/mol. The van der Waals surface area contributed by atoms with Crippen LogP contribution in [0.5, 0.6) is 5.75 Å². The number of rotatable bonds is 15. The summed E-state index contributed by atoms with van der Waals surface area (Å²) in [5.74, 6) is 2.66. The number of ether oxygens (including phenoxy) is 1. The minimum Gasteiger partial charge on any atom is -0.494 e. The van der Waals surface area contributed by atoms with E-state index in [1.165, 1.54) is 24.7 Å². The second-order valence-electron chi connectivity index (χ2n) is 10.4. The van der Waals surface area contributed by atoms with Crippen LogP contribution >= 0.6 is 37.5 Å². The fourth-order valence-electron chi connectivity index (χ4n) is 4.76. The predicted octanol–water partition coefficient (Wildman–Crippen LogP) is 7.39. The van der Waals surface area contributed by atoms with Crippen molar-refractivity contribution in [2.24, 2.45) is 0 Å². The van der Waals surface area contributed by atoms with E-state index in [1.807, 2.05) is 62.8 Å². The van der Waals surface area contributed by atoms with Gasteiger partial charge in [0.25, 0.3) is 0 Å². The summed E-state index contributed by atoms with van der Waals surface area (Å²) < 4.78 is 14.5. The van der Waals surface area contributed by atoms with Crippen LogP contribution in [0.25, 0.3) is 22.3 Å². The summed E-state index contributed by atoms with van der Waals surface area (Å²) in [6.07, 6.45) is 9.95. The van der Waals surface area contributed by atoms with E-state index < -0.39 is 0 Å². The normalized spacial score (nSPS) is 14.8. The zero-order valence-corrected chi connectivity index (χ0v) is 26.6. The molecule has 1 aliphatic rings. The Hall–Kier alpha value is -2.76. The molecule has 42 heavy (non-hydrogen) atoms. The van der Waals surface area contributed by atoms with Crippen LogP contribution in [0.4, 0.5) is 0 Å². The largest absolute Gasteiger partial charge is 0.494 e. The molecule has 1 atom stereocenters. The number of aryl methyl sites for hydroxylation is 1. The summed E-state index contributed by atoms with van der Waals surface area (Å²) >= 11 is 3.39. The molecule has 8 nitrogen and oxygen atoms in total. The van der Waals surface area contributed by atoms with Crippen molar-refractivity contribution in [2.45, 2.75) is 69.7 Å². The molecule has 0 saturated carbocycles. The Labute approximate surface area is 261 Å². The molecule has 3 heterocycles. The third-order valence-corrected chi connectivity index (χ3v) is 10.6. The van der Waals surface area contributed by atoms with Crippen molar-refractivity contribution < 1.29 is 13.9 Å². The minimum absolute atomic E-state index is 0.0733. The van der Waals surface area contributed by atoms with Gasteiger partial charge in [-0.05, 0) is 81.0 Å². The minimum atomic E-state index is -0.0733. The van der Waals surface area contributed by atoms with Gasteiger partial charge in [0.05, 0.1) is 24.7 Å². The predicted molar refractivity (Wildman–Crippen MR) is 174 cm³/mol. The first-order valence-electron chi connectivity index (χ1n) is 14.4. The Morgan fingerprint density at radius 1 is 1.10 bits per heavy atom. The lowest BCUT2D eigenvalue weighted by molar-refractivity contribution is -0.121. The van der Waals surface area contributed by atoms with Crippen LogP contribution < -0.4 is 15.5 Å². The van der Waals surface area contributed by atoms with Gasteiger partial charge in [-0.3, -0.25) is 14.3 Å². The number of hydrogen-bond donors (Lipinski definition) is 1. The van der Waals surface area contributed by atoms with E-state index in [4.69, 9.17) is 9.15 Å². The smallest absolute Gasteiger partial charge is 0.220 e. The van der Waals surface area contributed by atoms with Gasteiger partial charge in [0, 0.05) is 40.1 Å². The number of hydrogen-bond acceptors (Lipinski definition) is 8. The van der Waals surface area contributed by atoms with Crippen LogP contribution in [0, 0.1) is 0 Å². The van der Waals surface area contributed by atoms with Gasteiger partial charge in [-0.1, -0.05) is 49.2 Å². The van der Waals surface area contributed by atoms with Crippen molar-refractivity contribution in [1.82, 2.24) is 20.3 Å². The van der Waals surface area contributed by atoms with E-state index in [-0.39, 0.29) is 11.3 Å². The Bertz CT molecular complexity index is 1520. The molecule has 1 N–H and O–H groups in total. The average Bonchev–Trinajstić information content (AvgIpc) is 3.69. The number of carbonyl (C=O) groups is 1. The molecule has 0 radical (unpaired) electrons. The van der Waals surface area contributed by atoms with Crippen LogP contribution in [-0.2, 0) is 17.9 Å². The van der Waals surface area contributed by atoms with Crippen molar-refractivity contribution >= 4 is 54.4 Å². The molecule has 0 aliphatic carbocycles. The van der Waals surface area contributed by atoms with Gasteiger partial charge >= 0.3 is 0 Å². The number of aromatic nitrogens is 3. The molecule has 222 valence electrons. The molecule has 5 rings (SSSR count). The summed E-state index contributed by atoms with van der Waals surface area (Å²) in [5, 5.41) is 12.7. The lowest BCUT2D eigenvalue weighted by Gasteiger charge is -2.08. The monoisotopic (exact) mass is 670 g/mol. The van der Waals surface area contributed by atoms with Gasteiger partial charge in [-0.15, -0.1) is 5.10 Å². The van der Waals surface area contributed by atoms with Gasteiger partial charge in [-0.2, -0.15) is 0 Å². The number of amides is 1. The summed E-state index contributed by atoms with van der Waals surface area (Å²) in [5.41, 5.74) is 2.09. The maximum atomic E-state index is 12.5. The second kappa shape index (κ2) is 15.6. The quantitative estimate of drug-likeness (QED) is 0.103. The van der Waals surface area contributed by atoms with Crippen LogP contribution in [0.2, 0.25) is 0 Å². The third kappa shape index (κ3) is 9.12. The molecule has 1 amide bonds. The molecule has 0 bridgehead atoms. The van der Waals surface area contributed by atoms with Crippen molar-refractivity contribution in [3.05, 3.63) is 75.1 Å². The van der Waals surface area contributed by atoms with Crippen molar-refractivity contribution in [2.75, 3.05) is 12.4 Å². The van der Waals surface area contributed by atoms with Gasteiger partial charge in [-0.25, -0.2) is 0 Å². The fraction of sp³-hybridized carbons (Fsp3) is 0.419. The molecule has 2 aromatic carbocycles. The molecule has 1 fully saturated rings. The number of nitrogens with zero attached hydrogens (tertiary/aromatic N) is 3. The average molecular weight is 672 g/mol. The Morgan fingerprint density at radius 3 is 2.81 bits per heavy atom. The molecule has 1 saturated heterocycles. The zero-order chi connectivity index (χ0) is 29.1. The van der Waals surface area contributed by atoms with Crippen molar-refractivity contribution in [3.63, 3.8) is 0 Å². The first-order valence-corrected chi connectivity index (χ1v) is 17.6. The zero-order valence-electron chi connectivity index (χ0n) is 23.4. The highest BCUT2D eigenvalue weighted by Crippen LogP contribution is 2.39. The fourth-order valence-corrected chi connectivity index (χ4v) is 8.15. The summed E-state index contributed by atoms with van der Waals surface area (Å²) in [6.45, 7) is 1.82. The van der Waals surface area contributed by atoms with E-state index >= 15 is 0 Å². The van der Waals surface area contributed by atoms with Gasteiger partial charge in [0.15, 0.2) is 5.43 Å². The standard InChI is InChI=1S/C31H35BrN4O4S2/c32-23-10-13-29-27(18-23)28(37)19-30(40-29)22-8-11-25(12-9-22)39-16-5-1-4-15-36-21-24(34-35-36)20-33-31(38)7-3-2-6-26-14-17-41-42-26/h8-13,18-19,21,26H,1-7,14-17,20H2,(H,33,38). The van der Waals surface area contributed by atoms with E-state index in [9.17, 15) is 9.59 Å². The molecule has 2 aromatic heterocycles. The Kier molecular flexibility index (Phi) is 11.4. The second-order valence-corrected chi connectivity index (χ2v) is 14.1. The number of nitrogens with one attached hydrogen (secondary N) is 1. The summed E-state index contributed by atoms with van der Waals surface area (Å²) in [4.78, 5) is 24.6. The number of benzene rings is 2. The molecule has 1 unspecified atom stereocenters. The van der Waals surface area contributed by atoms with Gasteiger partial charge < -0.3 is 14.5 Å². The van der Waals surface area contributed by atoms with Gasteiger partial charge in [0.1, 0.15) is 22.8 Å². The van der Waals surface area contributed by atoms with Crippen LogP contribution in [0.15, 0.2) is 68.4 Å². The van der Waals surface area contributed by atoms with E-state index in [0.29, 0.717) is 36.3 Å². The van der Waals surface area contributed by atoms with Crippen LogP contribution in [0.3, 0.4) is 0 Å². The van der Waals surface area contributed by atoms with Crippen molar-refractivity contribution in [1.29, 1.82) is 0 Å². The number of carbonyl (C=O) groups excluding carboxylic acids is 1. The summed E-state index contributed by atoms with van der Waals surface area (Å²) in [7, 11) is 3.97. The van der Waals surface area contributed by atoms with Crippen LogP contribution in [-0.4, -0.2) is 38.5 Å². The Balaban J connectivity index is 0.950. The first-order chi connectivity index (χ1) is 20.5. The topological polar surface area (TPSA) is 99.2 Å². The van der Waals surface area contributed by atoms with E-state index in [0.717, 1.165) is 65.4 Å². The number of unbranched alkanes of at least 4 members (excludes halogenated alkanes) is 3.